The van der Waals surface area contributed by atoms with Crippen molar-refractivity contribution in [1.29, 1.82) is 0 Å². The van der Waals surface area contributed by atoms with E-state index in [9.17, 15) is 0 Å². The van der Waals surface area contributed by atoms with Crippen LogP contribution < -0.4 is 0 Å². The smallest absolute Gasteiger partial charge is 0.100 e. The van der Waals surface area contributed by atoms with Crippen molar-refractivity contribution in [2.75, 3.05) is 0 Å². The van der Waals surface area contributed by atoms with Crippen molar-refractivity contribution >= 4 is 44.1 Å². The molecule has 3 nitrogen and oxygen atoms in total. The lowest BCUT2D eigenvalue weighted by Crippen LogP contribution is -2.21. The molecule has 0 aliphatic heterocycles. The van der Waals surface area contributed by atoms with Crippen LogP contribution in [0.15, 0.2) is 36.7 Å². The van der Waals surface area contributed by atoms with Crippen LogP contribution in [-0.2, 0) is 17.3 Å². The monoisotopic (exact) mass is 397 g/mol. The third-order valence-corrected chi connectivity index (χ3v) is 6.67. The second-order valence-corrected chi connectivity index (χ2v) is 10.3. The summed E-state index contributed by atoms with van der Waals surface area (Å²) in [6.45, 7) is 11.1. The van der Waals surface area contributed by atoms with E-state index < -0.39 is 0 Å². The highest BCUT2D eigenvalue weighted by molar-refractivity contribution is 7.18. The van der Waals surface area contributed by atoms with Gasteiger partial charge in [-0.25, -0.2) is 4.98 Å². The predicted molar refractivity (Wildman–Crippen MR) is 116 cm³/mol. The lowest BCUT2D eigenvalue weighted by molar-refractivity contribution is 0.510. The number of H-pyrrole nitrogens is 1. The summed E-state index contributed by atoms with van der Waals surface area (Å²) in [5.41, 5.74) is 4.43. The van der Waals surface area contributed by atoms with Gasteiger partial charge in [-0.3, -0.25) is 4.98 Å². The third kappa shape index (κ3) is 3.48. The lowest BCUT2D eigenvalue weighted by atomic mass is 9.82. The van der Waals surface area contributed by atoms with E-state index in [1.807, 2.05) is 18.5 Å². The first kappa shape index (κ1) is 18.5. The van der Waals surface area contributed by atoms with Crippen LogP contribution in [0.2, 0.25) is 5.02 Å². The number of aromatic amines is 1. The molecule has 4 aromatic rings. The summed E-state index contributed by atoms with van der Waals surface area (Å²) in [6.07, 6.45) is 4.60. The van der Waals surface area contributed by atoms with Crippen molar-refractivity contribution in [1.82, 2.24) is 15.0 Å². The van der Waals surface area contributed by atoms with Gasteiger partial charge in [-0.2, -0.15) is 0 Å². The molecule has 0 atom stereocenters. The fourth-order valence-corrected chi connectivity index (χ4v) is 4.86. The number of halogens is 1. The Hall–Kier alpha value is -1.91. The minimum absolute atomic E-state index is 0.0326. The number of hydrogen-bond acceptors (Lipinski definition) is 3. The number of thiazole rings is 1. The van der Waals surface area contributed by atoms with Crippen LogP contribution >= 0.6 is 22.9 Å². The summed E-state index contributed by atoms with van der Waals surface area (Å²) in [5.74, 6) is 0. The number of nitrogens with one attached hydrogen (secondary N) is 1. The first-order valence-electron chi connectivity index (χ1n) is 9.16. The number of fused-ring (bicyclic) bond motifs is 2. The standard InChI is InChI=1S/C22H24ClN3S/c1-21(2,3)20-26-19-15(23)8-13(9-17(19)27-20)11-22(4,5)18-10-14-6-7-24-12-16(14)25-18/h6-10,12,25H,11H2,1-5H3. The maximum absolute atomic E-state index is 6.59. The Morgan fingerprint density at radius 3 is 2.59 bits per heavy atom. The van der Waals surface area contributed by atoms with E-state index in [1.165, 1.54) is 21.3 Å². The number of aromatic nitrogens is 3. The second-order valence-electron chi connectivity index (χ2n) is 8.90. The van der Waals surface area contributed by atoms with Crippen LogP contribution in [0, 0.1) is 0 Å². The minimum atomic E-state index is -0.0480. The van der Waals surface area contributed by atoms with Crippen molar-refractivity contribution in [2.45, 2.75) is 51.9 Å². The predicted octanol–water partition coefficient (Wildman–Crippen LogP) is 6.64. The van der Waals surface area contributed by atoms with E-state index in [1.54, 1.807) is 11.3 Å². The van der Waals surface area contributed by atoms with Gasteiger partial charge in [0.15, 0.2) is 0 Å². The Labute approximate surface area is 168 Å². The molecule has 0 aliphatic carbocycles. The summed E-state index contributed by atoms with van der Waals surface area (Å²) >= 11 is 8.34. The second kappa shape index (κ2) is 6.32. The van der Waals surface area contributed by atoms with Gasteiger partial charge in [-0.05, 0) is 36.2 Å². The average molecular weight is 398 g/mol. The zero-order valence-electron chi connectivity index (χ0n) is 16.4. The van der Waals surface area contributed by atoms with Gasteiger partial charge >= 0.3 is 0 Å². The normalized spacial score (nSPS) is 13.0. The quantitative estimate of drug-likeness (QED) is 0.420. The molecule has 3 aromatic heterocycles. The molecule has 0 spiro atoms. The van der Waals surface area contributed by atoms with Crippen LogP contribution in [0.5, 0.6) is 0 Å². The van der Waals surface area contributed by atoms with Crippen molar-refractivity contribution < 1.29 is 0 Å². The van der Waals surface area contributed by atoms with Gasteiger partial charge < -0.3 is 4.98 Å². The molecular formula is C22H24ClN3S. The number of pyridine rings is 1. The zero-order chi connectivity index (χ0) is 19.4. The fourth-order valence-electron chi connectivity index (χ4n) is 3.41. The molecule has 0 fully saturated rings. The van der Waals surface area contributed by atoms with Gasteiger partial charge in [0.05, 0.1) is 26.4 Å². The molecule has 140 valence electrons. The van der Waals surface area contributed by atoms with Crippen LogP contribution in [0.25, 0.3) is 21.1 Å². The molecule has 0 unspecified atom stereocenters. The molecule has 1 N–H and O–H groups in total. The summed E-state index contributed by atoms with van der Waals surface area (Å²) < 4.78 is 1.17. The molecule has 5 heteroatoms. The number of hydrogen-bond donors (Lipinski definition) is 1. The highest BCUT2D eigenvalue weighted by atomic mass is 35.5. The molecule has 0 saturated carbocycles. The van der Waals surface area contributed by atoms with Gasteiger partial charge in [0, 0.05) is 28.1 Å². The molecule has 0 aliphatic rings. The first-order valence-corrected chi connectivity index (χ1v) is 10.4. The van der Waals surface area contributed by atoms with Crippen molar-refractivity contribution in [3.05, 3.63) is 57.9 Å². The Balaban J connectivity index is 1.71. The minimum Gasteiger partial charge on any atom is -0.357 e. The molecule has 4 rings (SSSR count). The molecule has 27 heavy (non-hydrogen) atoms. The van der Waals surface area contributed by atoms with E-state index in [4.69, 9.17) is 16.6 Å². The Kier molecular flexibility index (Phi) is 4.32. The number of rotatable bonds is 3. The highest BCUT2D eigenvalue weighted by Gasteiger charge is 2.25. The third-order valence-electron chi connectivity index (χ3n) is 4.95. The Bertz CT molecular complexity index is 1100. The van der Waals surface area contributed by atoms with Crippen LogP contribution in [0.4, 0.5) is 0 Å². The van der Waals surface area contributed by atoms with E-state index in [0.717, 1.165) is 27.5 Å². The molecule has 0 amide bonds. The van der Waals surface area contributed by atoms with Crippen LogP contribution in [0.3, 0.4) is 0 Å². The largest absolute Gasteiger partial charge is 0.357 e. The SMILES string of the molecule is CC(C)(C)c1nc2c(Cl)cc(CC(C)(C)c3cc4ccncc4[nH]3)cc2s1. The van der Waals surface area contributed by atoms with E-state index >= 15 is 0 Å². The molecule has 0 radical (unpaired) electrons. The van der Waals surface area contributed by atoms with Gasteiger partial charge in [-0.1, -0.05) is 46.2 Å². The van der Waals surface area contributed by atoms with Gasteiger partial charge in [0.1, 0.15) is 5.52 Å². The Morgan fingerprint density at radius 2 is 1.89 bits per heavy atom. The highest BCUT2D eigenvalue weighted by Crippen LogP contribution is 2.37. The first-order chi connectivity index (χ1) is 12.6. The molecule has 0 saturated heterocycles. The number of nitrogens with zero attached hydrogens (tertiary/aromatic N) is 2. The van der Waals surface area contributed by atoms with Gasteiger partial charge in [0.2, 0.25) is 0 Å². The van der Waals surface area contributed by atoms with Gasteiger partial charge in [-0.15, -0.1) is 11.3 Å². The van der Waals surface area contributed by atoms with Crippen molar-refractivity contribution in [3.63, 3.8) is 0 Å². The Morgan fingerprint density at radius 1 is 1.11 bits per heavy atom. The lowest BCUT2D eigenvalue weighted by Gasteiger charge is -2.24. The fraction of sp³-hybridized carbons (Fsp3) is 0.364. The van der Waals surface area contributed by atoms with Crippen molar-refractivity contribution in [3.8, 4) is 0 Å². The molecule has 3 heterocycles. The molecule has 1 aromatic carbocycles. The summed E-state index contributed by atoms with van der Waals surface area (Å²) in [6, 6.07) is 8.59. The summed E-state index contributed by atoms with van der Waals surface area (Å²) in [5, 5.41) is 3.06. The maximum atomic E-state index is 6.59. The van der Waals surface area contributed by atoms with Crippen LogP contribution in [-0.4, -0.2) is 15.0 Å². The topological polar surface area (TPSA) is 41.6 Å². The average Bonchev–Trinajstić information content (AvgIpc) is 3.18. The van der Waals surface area contributed by atoms with Crippen LogP contribution in [0.1, 0.15) is 50.9 Å². The number of benzene rings is 1. The maximum Gasteiger partial charge on any atom is 0.100 e. The molecule has 0 bridgehead atoms. The molecular weight excluding hydrogens is 374 g/mol. The van der Waals surface area contributed by atoms with E-state index in [-0.39, 0.29) is 10.8 Å². The summed E-state index contributed by atoms with van der Waals surface area (Å²) in [4.78, 5) is 12.5. The van der Waals surface area contributed by atoms with E-state index in [0.29, 0.717) is 0 Å². The summed E-state index contributed by atoms with van der Waals surface area (Å²) in [7, 11) is 0. The van der Waals surface area contributed by atoms with E-state index in [2.05, 4.69) is 62.8 Å². The zero-order valence-corrected chi connectivity index (χ0v) is 17.9. The van der Waals surface area contributed by atoms with Crippen molar-refractivity contribution in [2.24, 2.45) is 0 Å². The van der Waals surface area contributed by atoms with Gasteiger partial charge in [0.25, 0.3) is 0 Å².